The van der Waals surface area contributed by atoms with Gasteiger partial charge in [0, 0.05) is 53.9 Å². The number of aryl methyl sites for hydroxylation is 1. The molecule has 8 heteroatoms. The van der Waals surface area contributed by atoms with Gasteiger partial charge in [0.15, 0.2) is 0 Å². The summed E-state index contributed by atoms with van der Waals surface area (Å²) >= 11 is 0. The minimum Gasteiger partial charge on any atom is -0.507 e. The van der Waals surface area contributed by atoms with Crippen molar-refractivity contribution in [1.82, 2.24) is 19.8 Å². The Morgan fingerprint density at radius 2 is 1.07 bits per heavy atom. The number of rotatable bonds is 12. The molecule has 1 aliphatic carbocycles. The molecule has 1 aliphatic rings. The van der Waals surface area contributed by atoms with Crippen molar-refractivity contribution < 1.29 is 10.2 Å². The minimum atomic E-state index is -0.196. The Morgan fingerprint density at radius 3 is 1.59 bits per heavy atom. The topological polar surface area (TPSA) is 113 Å². The summed E-state index contributed by atoms with van der Waals surface area (Å²) in [6.45, 7) is 4.02. The highest BCUT2D eigenvalue weighted by Crippen LogP contribution is 2.34. The van der Waals surface area contributed by atoms with E-state index in [1.54, 1.807) is 48.8 Å². The maximum atomic E-state index is 12.1. The van der Waals surface area contributed by atoms with Gasteiger partial charge in [0.25, 0.3) is 11.1 Å². The van der Waals surface area contributed by atoms with E-state index in [1.165, 1.54) is 55.3 Å². The molecular formula is C50H54N4O4. The molecule has 0 radical (unpaired) electrons. The molecule has 298 valence electrons. The van der Waals surface area contributed by atoms with Crippen molar-refractivity contribution in [3.8, 4) is 33.8 Å². The highest BCUT2D eigenvalue weighted by molar-refractivity contribution is 6.00. The lowest BCUT2D eigenvalue weighted by atomic mass is 9.89. The van der Waals surface area contributed by atoms with Gasteiger partial charge in [0.05, 0.1) is 10.8 Å². The van der Waals surface area contributed by atoms with Crippen LogP contribution in [0.25, 0.3) is 43.8 Å². The zero-order valence-corrected chi connectivity index (χ0v) is 33.6. The van der Waals surface area contributed by atoms with Crippen LogP contribution in [0.3, 0.4) is 0 Å². The van der Waals surface area contributed by atoms with Gasteiger partial charge in [-0.1, -0.05) is 110 Å². The molecule has 4 N–H and O–H groups in total. The third-order valence-electron chi connectivity index (χ3n) is 11.4. The number of benzene rings is 5. The van der Waals surface area contributed by atoms with E-state index >= 15 is 0 Å². The number of phenolic OH excluding ortho intramolecular Hbond substituents is 2. The van der Waals surface area contributed by atoms with Gasteiger partial charge in [-0.15, -0.1) is 0 Å². The number of H-pyrrole nitrogens is 2. The van der Waals surface area contributed by atoms with Gasteiger partial charge in [-0.25, -0.2) is 0 Å². The lowest BCUT2D eigenvalue weighted by Gasteiger charge is -2.27. The normalized spacial score (nSPS) is 13.2. The molecule has 58 heavy (non-hydrogen) atoms. The van der Waals surface area contributed by atoms with Crippen LogP contribution in [0.1, 0.15) is 55.2 Å². The van der Waals surface area contributed by atoms with Crippen LogP contribution in [0, 0.1) is 5.92 Å². The van der Waals surface area contributed by atoms with Crippen molar-refractivity contribution in [2.75, 3.05) is 27.2 Å². The second-order valence-electron chi connectivity index (χ2n) is 15.9. The second kappa shape index (κ2) is 19.0. The van der Waals surface area contributed by atoms with E-state index < -0.39 is 0 Å². The molecule has 0 aliphatic heterocycles. The van der Waals surface area contributed by atoms with Gasteiger partial charge in [-0.3, -0.25) is 9.59 Å². The molecule has 2 heterocycles. The number of hydrogen-bond acceptors (Lipinski definition) is 6. The summed E-state index contributed by atoms with van der Waals surface area (Å²) in [6, 6.07) is 37.4. The smallest absolute Gasteiger partial charge is 0.255 e. The van der Waals surface area contributed by atoms with Crippen LogP contribution < -0.4 is 11.1 Å². The highest BCUT2D eigenvalue weighted by atomic mass is 16.3. The fourth-order valence-corrected chi connectivity index (χ4v) is 8.41. The SMILES string of the molecule is CN(CCCc1ccccc1)Cc1ccc(-c2c[nH]c(=O)c3cccc(O)c23)cc1.CN(Cc1ccc(-c2c[nH]c(=O)c3cccc(O)c23)cc1)CC1CCCCC1. The van der Waals surface area contributed by atoms with Crippen molar-refractivity contribution >= 4 is 21.5 Å². The summed E-state index contributed by atoms with van der Waals surface area (Å²) in [6.07, 6.45) is 12.5. The zero-order valence-electron chi connectivity index (χ0n) is 33.6. The molecule has 8 nitrogen and oxygen atoms in total. The molecule has 8 rings (SSSR count). The predicted molar refractivity (Wildman–Crippen MR) is 237 cm³/mol. The summed E-state index contributed by atoms with van der Waals surface area (Å²) in [7, 11) is 4.35. The van der Waals surface area contributed by atoms with E-state index in [1.807, 2.05) is 12.1 Å². The molecule has 0 amide bonds. The van der Waals surface area contributed by atoms with Crippen molar-refractivity contribution in [2.45, 2.75) is 58.0 Å². The lowest BCUT2D eigenvalue weighted by molar-refractivity contribution is 0.228. The molecule has 1 saturated carbocycles. The highest BCUT2D eigenvalue weighted by Gasteiger charge is 2.16. The Balaban J connectivity index is 0.000000177. The molecule has 0 bridgehead atoms. The van der Waals surface area contributed by atoms with Crippen LogP contribution in [0.15, 0.2) is 137 Å². The third kappa shape index (κ3) is 9.94. The Morgan fingerprint density at radius 1 is 0.569 bits per heavy atom. The number of nitrogens with zero attached hydrogens (tertiary/aromatic N) is 2. The average Bonchev–Trinajstić information content (AvgIpc) is 3.23. The van der Waals surface area contributed by atoms with Crippen molar-refractivity contribution in [1.29, 1.82) is 0 Å². The number of aromatic hydroxyl groups is 2. The van der Waals surface area contributed by atoms with E-state index in [0.717, 1.165) is 60.6 Å². The Labute approximate surface area is 340 Å². The molecule has 0 atom stereocenters. The number of phenols is 2. The fourth-order valence-electron chi connectivity index (χ4n) is 8.41. The molecule has 7 aromatic rings. The molecule has 0 unspecified atom stereocenters. The second-order valence-corrected chi connectivity index (χ2v) is 15.9. The Kier molecular flexibility index (Phi) is 13.2. The fraction of sp³-hybridized carbons (Fsp3) is 0.280. The Hall–Kier alpha value is -5.96. The van der Waals surface area contributed by atoms with E-state index in [2.05, 4.69) is 101 Å². The maximum absolute atomic E-state index is 12.1. The molecule has 0 saturated heterocycles. The summed E-state index contributed by atoms with van der Waals surface area (Å²) in [5.41, 5.74) is 7.13. The first-order valence-electron chi connectivity index (χ1n) is 20.5. The zero-order chi connectivity index (χ0) is 40.4. The molecule has 1 fully saturated rings. The summed E-state index contributed by atoms with van der Waals surface area (Å²) in [5.74, 6) is 1.10. The van der Waals surface area contributed by atoms with Crippen LogP contribution in [0.2, 0.25) is 0 Å². The maximum Gasteiger partial charge on any atom is 0.255 e. The summed E-state index contributed by atoms with van der Waals surface area (Å²) in [4.78, 5) is 34.5. The Bertz CT molecular complexity index is 2540. The number of aromatic nitrogens is 2. The monoisotopic (exact) mass is 774 g/mol. The van der Waals surface area contributed by atoms with Crippen molar-refractivity contribution in [3.63, 3.8) is 0 Å². The number of hydrogen-bond donors (Lipinski definition) is 4. The largest absolute Gasteiger partial charge is 0.507 e. The molecule has 2 aromatic heterocycles. The number of nitrogens with one attached hydrogen (secondary N) is 2. The number of pyridine rings is 2. The third-order valence-corrected chi connectivity index (χ3v) is 11.4. The van der Waals surface area contributed by atoms with Crippen LogP contribution >= 0.6 is 0 Å². The number of aromatic amines is 2. The van der Waals surface area contributed by atoms with E-state index in [-0.39, 0.29) is 22.6 Å². The van der Waals surface area contributed by atoms with Gasteiger partial charge in [-0.2, -0.15) is 0 Å². The van der Waals surface area contributed by atoms with E-state index in [9.17, 15) is 19.8 Å². The van der Waals surface area contributed by atoms with Crippen LogP contribution in [-0.2, 0) is 19.5 Å². The average molecular weight is 775 g/mol. The minimum absolute atomic E-state index is 0.121. The van der Waals surface area contributed by atoms with Gasteiger partial charge in [-0.05, 0) is 104 Å². The van der Waals surface area contributed by atoms with Crippen molar-refractivity contribution in [2.24, 2.45) is 5.92 Å². The van der Waals surface area contributed by atoms with Gasteiger partial charge in [0.2, 0.25) is 0 Å². The molecule has 5 aromatic carbocycles. The number of fused-ring (bicyclic) bond motifs is 2. The van der Waals surface area contributed by atoms with Gasteiger partial charge >= 0.3 is 0 Å². The van der Waals surface area contributed by atoms with Crippen molar-refractivity contribution in [3.05, 3.63) is 165 Å². The standard InChI is InChI=1S/C26H26N2O2.C24H28N2O2/c1-28(16-6-9-19-7-3-2-4-8-19)18-20-12-14-21(15-13-20)23-17-27-26(30)22-10-5-11-24(29)25(22)23;1-26(15-17-6-3-2-4-7-17)16-18-10-12-19(13-11-18)21-14-25-24(28)20-8-5-9-22(27)23(20)21/h2-5,7-8,10-15,17,29H,6,9,16,18H2,1H3,(H,27,30);5,8-14,17,27H,2-4,6-7,15-16H2,1H3,(H,25,28). The first-order chi connectivity index (χ1) is 28.2. The van der Waals surface area contributed by atoms with Crippen LogP contribution in [0.4, 0.5) is 0 Å². The van der Waals surface area contributed by atoms with Gasteiger partial charge < -0.3 is 30.0 Å². The van der Waals surface area contributed by atoms with Gasteiger partial charge in [0.1, 0.15) is 11.5 Å². The first kappa shape index (κ1) is 40.2. The lowest BCUT2D eigenvalue weighted by Crippen LogP contribution is -2.26. The van der Waals surface area contributed by atoms with Crippen LogP contribution in [-0.4, -0.2) is 57.2 Å². The quantitative estimate of drug-likeness (QED) is 0.0984. The van der Waals surface area contributed by atoms with E-state index in [0.29, 0.717) is 21.5 Å². The predicted octanol–water partition coefficient (Wildman–Crippen LogP) is 9.88. The van der Waals surface area contributed by atoms with E-state index in [4.69, 9.17) is 0 Å². The van der Waals surface area contributed by atoms with Crippen LogP contribution in [0.5, 0.6) is 11.5 Å². The summed E-state index contributed by atoms with van der Waals surface area (Å²) < 4.78 is 0. The molecule has 0 spiro atoms. The summed E-state index contributed by atoms with van der Waals surface area (Å²) in [5, 5.41) is 22.8. The molecular weight excluding hydrogens is 721 g/mol. The first-order valence-corrected chi connectivity index (χ1v) is 20.5.